The summed E-state index contributed by atoms with van der Waals surface area (Å²) in [7, 11) is 3.20. The topological polar surface area (TPSA) is 81.8 Å². The zero-order chi connectivity index (χ0) is 22.3. The molecule has 162 valence electrons. The van der Waals surface area contributed by atoms with Gasteiger partial charge in [0.15, 0.2) is 22.5 Å². The summed E-state index contributed by atoms with van der Waals surface area (Å²) >= 11 is 1.45. The van der Waals surface area contributed by atoms with Crippen molar-refractivity contribution >= 4 is 17.5 Å². The highest BCUT2D eigenvalue weighted by Crippen LogP contribution is 2.34. The molecule has 0 unspecified atom stereocenters. The Balaban J connectivity index is 1.72. The second kappa shape index (κ2) is 10.0. The molecule has 0 spiro atoms. The van der Waals surface area contributed by atoms with Gasteiger partial charge in [-0.05, 0) is 30.3 Å². The smallest absolute Gasteiger partial charge is 0.196 e. The van der Waals surface area contributed by atoms with Gasteiger partial charge in [0.2, 0.25) is 0 Å². The molecule has 1 N–H and O–H groups in total. The molecule has 0 aliphatic carbocycles. The van der Waals surface area contributed by atoms with E-state index in [0.29, 0.717) is 33.9 Å². The molecule has 3 aromatic carbocycles. The molecule has 0 amide bonds. The van der Waals surface area contributed by atoms with Crippen molar-refractivity contribution in [2.75, 3.05) is 20.0 Å². The molecule has 7 nitrogen and oxygen atoms in total. The van der Waals surface area contributed by atoms with E-state index >= 15 is 0 Å². The van der Waals surface area contributed by atoms with Gasteiger partial charge >= 0.3 is 0 Å². The fourth-order valence-corrected chi connectivity index (χ4v) is 4.18. The first kappa shape index (κ1) is 21.5. The van der Waals surface area contributed by atoms with Crippen LogP contribution in [0, 0.1) is 0 Å². The fourth-order valence-electron chi connectivity index (χ4n) is 3.27. The summed E-state index contributed by atoms with van der Waals surface area (Å²) in [6.45, 7) is 0. The SMILES string of the molecule is COc1ccc(-c2nnc(SC/C(=N\O)c3ccccc3)n2-c2ccccc2)cc1OC. The lowest BCUT2D eigenvalue weighted by Gasteiger charge is -2.12. The number of ether oxygens (including phenoxy) is 2. The Labute approximate surface area is 190 Å². The average molecular weight is 447 g/mol. The molecule has 1 heterocycles. The Bertz CT molecular complexity index is 1210. The van der Waals surface area contributed by atoms with Crippen molar-refractivity contribution in [1.29, 1.82) is 0 Å². The zero-order valence-corrected chi connectivity index (χ0v) is 18.5. The minimum Gasteiger partial charge on any atom is -0.493 e. The Morgan fingerprint density at radius 2 is 1.59 bits per heavy atom. The van der Waals surface area contributed by atoms with Crippen molar-refractivity contribution in [2.45, 2.75) is 5.16 Å². The van der Waals surface area contributed by atoms with E-state index in [2.05, 4.69) is 15.4 Å². The number of aromatic nitrogens is 3. The van der Waals surface area contributed by atoms with Crippen LogP contribution in [0.5, 0.6) is 11.5 Å². The number of rotatable bonds is 8. The fraction of sp³-hybridized carbons (Fsp3) is 0.125. The maximum Gasteiger partial charge on any atom is 0.196 e. The van der Waals surface area contributed by atoms with Gasteiger partial charge < -0.3 is 14.7 Å². The third kappa shape index (κ3) is 4.45. The molecule has 0 bridgehead atoms. The van der Waals surface area contributed by atoms with E-state index in [-0.39, 0.29) is 0 Å². The van der Waals surface area contributed by atoms with Crippen LogP contribution < -0.4 is 9.47 Å². The summed E-state index contributed by atoms with van der Waals surface area (Å²) in [5.41, 5.74) is 3.18. The molecule has 1 aromatic heterocycles. The van der Waals surface area contributed by atoms with Gasteiger partial charge in [-0.2, -0.15) is 0 Å². The van der Waals surface area contributed by atoms with E-state index in [9.17, 15) is 5.21 Å². The Kier molecular flexibility index (Phi) is 6.72. The van der Waals surface area contributed by atoms with Crippen LogP contribution in [-0.4, -0.2) is 45.7 Å². The highest BCUT2D eigenvalue weighted by molar-refractivity contribution is 7.99. The molecular formula is C24H22N4O3S. The Morgan fingerprint density at radius 1 is 0.906 bits per heavy atom. The minimum atomic E-state index is 0.428. The van der Waals surface area contributed by atoms with Gasteiger partial charge in [-0.1, -0.05) is 65.4 Å². The molecule has 0 radical (unpaired) electrons. The lowest BCUT2D eigenvalue weighted by Crippen LogP contribution is -2.06. The second-order valence-corrected chi connectivity index (χ2v) is 7.69. The van der Waals surface area contributed by atoms with Crippen molar-refractivity contribution in [3.05, 3.63) is 84.4 Å². The molecule has 4 aromatic rings. The summed E-state index contributed by atoms with van der Waals surface area (Å²) in [6.07, 6.45) is 0. The molecule has 8 heteroatoms. The predicted molar refractivity (Wildman–Crippen MR) is 125 cm³/mol. The molecule has 0 saturated carbocycles. The number of nitrogens with zero attached hydrogens (tertiary/aromatic N) is 4. The van der Waals surface area contributed by atoms with Gasteiger partial charge in [-0.3, -0.25) is 4.57 Å². The lowest BCUT2D eigenvalue weighted by molar-refractivity contribution is 0.319. The van der Waals surface area contributed by atoms with Gasteiger partial charge in [0.05, 0.1) is 19.9 Å². The number of benzene rings is 3. The largest absolute Gasteiger partial charge is 0.493 e. The molecule has 0 saturated heterocycles. The highest BCUT2D eigenvalue weighted by atomic mass is 32.2. The molecule has 0 atom stereocenters. The number of para-hydroxylation sites is 1. The summed E-state index contributed by atoms with van der Waals surface area (Å²) in [4.78, 5) is 0. The summed E-state index contributed by atoms with van der Waals surface area (Å²) < 4.78 is 12.8. The van der Waals surface area contributed by atoms with Crippen LogP contribution >= 0.6 is 11.8 Å². The highest BCUT2D eigenvalue weighted by Gasteiger charge is 2.19. The third-order valence-corrected chi connectivity index (χ3v) is 5.80. The first-order valence-electron chi connectivity index (χ1n) is 9.87. The van der Waals surface area contributed by atoms with Crippen LogP contribution in [0.4, 0.5) is 0 Å². The van der Waals surface area contributed by atoms with Gasteiger partial charge in [0, 0.05) is 22.6 Å². The molecule has 0 fully saturated rings. The zero-order valence-electron chi connectivity index (χ0n) is 17.7. The van der Waals surface area contributed by atoms with Crippen LogP contribution in [0.3, 0.4) is 0 Å². The van der Waals surface area contributed by atoms with Gasteiger partial charge in [-0.25, -0.2) is 0 Å². The number of thioether (sulfide) groups is 1. The van der Waals surface area contributed by atoms with Crippen LogP contribution in [0.2, 0.25) is 0 Å². The van der Waals surface area contributed by atoms with E-state index in [0.717, 1.165) is 16.8 Å². The third-order valence-electron chi connectivity index (χ3n) is 4.86. The van der Waals surface area contributed by atoms with E-state index in [1.807, 2.05) is 83.4 Å². The average Bonchev–Trinajstić information content (AvgIpc) is 3.29. The van der Waals surface area contributed by atoms with Crippen LogP contribution in [0.25, 0.3) is 17.1 Å². The Morgan fingerprint density at radius 3 is 2.25 bits per heavy atom. The quantitative estimate of drug-likeness (QED) is 0.179. The molecular weight excluding hydrogens is 424 g/mol. The molecule has 32 heavy (non-hydrogen) atoms. The van der Waals surface area contributed by atoms with Gasteiger partial charge in [-0.15, -0.1) is 10.2 Å². The van der Waals surface area contributed by atoms with Crippen LogP contribution in [-0.2, 0) is 0 Å². The van der Waals surface area contributed by atoms with Crippen molar-refractivity contribution < 1.29 is 14.7 Å². The first-order valence-corrected chi connectivity index (χ1v) is 10.9. The van der Waals surface area contributed by atoms with Crippen molar-refractivity contribution in [2.24, 2.45) is 5.16 Å². The summed E-state index contributed by atoms with van der Waals surface area (Å²) in [6, 6.07) is 25.1. The number of oxime groups is 1. The van der Waals surface area contributed by atoms with Gasteiger partial charge in [0.1, 0.15) is 0 Å². The van der Waals surface area contributed by atoms with E-state index in [1.54, 1.807) is 14.2 Å². The summed E-state index contributed by atoms with van der Waals surface area (Å²) in [5.74, 6) is 2.35. The monoisotopic (exact) mass is 446 g/mol. The maximum absolute atomic E-state index is 9.54. The predicted octanol–water partition coefficient (Wildman–Crippen LogP) is 4.92. The molecule has 0 aliphatic rings. The number of hydrogen-bond acceptors (Lipinski definition) is 7. The molecule has 0 aliphatic heterocycles. The normalized spacial score (nSPS) is 11.4. The number of methoxy groups -OCH3 is 2. The first-order chi connectivity index (χ1) is 15.7. The lowest BCUT2D eigenvalue weighted by atomic mass is 10.1. The maximum atomic E-state index is 9.54. The molecule has 4 rings (SSSR count). The van der Waals surface area contributed by atoms with Crippen molar-refractivity contribution in [3.63, 3.8) is 0 Å². The van der Waals surface area contributed by atoms with Crippen LogP contribution in [0.15, 0.2) is 89.2 Å². The van der Waals surface area contributed by atoms with Gasteiger partial charge in [0.25, 0.3) is 0 Å². The summed E-state index contributed by atoms with van der Waals surface area (Å²) in [5, 5.41) is 22.6. The van der Waals surface area contributed by atoms with E-state index in [1.165, 1.54) is 11.8 Å². The minimum absolute atomic E-state index is 0.428. The van der Waals surface area contributed by atoms with E-state index < -0.39 is 0 Å². The van der Waals surface area contributed by atoms with Crippen molar-refractivity contribution in [1.82, 2.24) is 14.8 Å². The number of hydrogen-bond donors (Lipinski definition) is 1. The van der Waals surface area contributed by atoms with Crippen molar-refractivity contribution in [3.8, 4) is 28.6 Å². The standard InChI is InChI=1S/C24H22N4O3S/c1-30-21-14-13-18(15-22(21)31-2)23-25-26-24(28(23)19-11-7-4-8-12-19)32-16-20(27-29)17-9-5-3-6-10-17/h3-15,29H,16H2,1-2H3/b27-20+. The Hall–Kier alpha value is -3.78. The second-order valence-electron chi connectivity index (χ2n) is 6.75. The van der Waals surface area contributed by atoms with E-state index in [4.69, 9.17) is 9.47 Å². The van der Waals surface area contributed by atoms with Crippen LogP contribution in [0.1, 0.15) is 5.56 Å².